The third-order valence-corrected chi connectivity index (χ3v) is 7.68. The van der Waals surface area contributed by atoms with Crippen LogP contribution in [0.1, 0.15) is 24.3 Å². The maximum Gasteiger partial charge on any atom is 0.234 e. The lowest BCUT2D eigenvalue weighted by Crippen LogP contribution is -2.31. The molecule has 0 unspecified atom stereocenters. The first-order valence-corrected chi connectivity index (χ1v) is 12.8. The molecule has 0 atom stereocenters. The second-order valence-electron chi connectivity index (χ2n) is 7.27. The Balaban J connectivity index is 1.59. The van der Waals surface area contributed by atoms with Gasteiger partial charge in [0.2, 0.25) is 5.91 Å². The third kappa shape index (κ3) is 4.80. The van der Waals surface area contributed by atoms with Gasteiger partial charge in [-0.2, -0.15) is 0 Å². The SMILES string of the molecule is CSc1nc(SCC(=O)Nc2ccc(Br)cc2)c2c3c(sc2n1)COC(C)(C)C3. The van der Waals surface area contributed by atoms with Gasteiger partial charge < -0.3 is 10.1 Å². The van der Waals surface area contributed by atoms with Crippen molar-refractivity contribution in [1.29, 1.82) is 0 Å². The zero-order valence-corrected chi connectivity index (χ0v) is 20.3. The van der Waals surface area contributed by atoms with E-state index >= 15 is 0 Å². The molecule has 3 aromatic rings. The molecule has 0 radical (unpaired) electrons. The van der Waals surface area contributed by atoms with Gasteiger partial charge in [0, 0.05) is 26.8 Å². The average molecular weight is 511 g/mol. The van der Waals surface area contributed by atoms with Crippen LogP contribution in [0.3, 0.4) is 0 Å². The molecule has 0 spiro atoms. The van der Waals surface area contributed by atoms with Crippen molar-refractivity contribution in [3.05, 3.63) is 39.2 Å². The van der Waals surface area contributed by atoms with E-state index in [2.05, 4.69) is 35.1 Å². The van der Waals surface area contributed by atoms with E-state index in [1.807, 2.05) is 30.5 Å². The number of halogens is 1. The van der Waals surface area contributed by atoms with E-state index in [1.54, 1.807) is 11.3 Å². The molecule has 0 saturated carbocycles. The van der Waals surface area contributed by atoms with Gasteiger partial charge in [-0.1, -0.05) is 39.5 Å². The van der Waals surface area contributed by atoms with Gasteiger partial charge in [0.05, 0.1) is 18.0 Å². The van der Waals surface area contributed by atoms with Gasteiger partial charge in [0.15, 0.2) is 5.16 Å². The Hall–Kier alpha value is -1.13. The monoisotopic (exact) mass is 509 g/mol. The van der Waals surface area contributed by atoms with E-state index in [-0.39, 0.29) is 11.5 Å². The zero-order valence-electron chi connectivity index (χ0n) is 16.2. The molecular weight excluding hydrogens is 490 g/mol. The Morgan fingerprint density at radius 1 is 1.31 bits per heavy atom. The lowest BCUT2D eigenvalue weighted by atomic mass is 9.95. The van der Waals surface area contributed by atoms with Crippen molar-refractivity contribution in [3.63, 3.8) is 0 Å². The number of amides is 1. The Labute approximate surface area is 190 Å². The van der Waals surface area contributed by atoms with Crippen LogP contribution in [0, 0.1) is 0 Å². The number of carbonyl (C=O) groups excluding carboxylic acids is 1. The van der Waals surface area contributed by atoms with E-state index < -0.39 is 0 Å². The van der Waals surface area contributed by atoms with Crippen LogP contribution in [-0.4, -0.2) is 33.5 Å². The highest BCUT2D eigenvalue weighted by molar-refractivity contribution is 9.10. The minimum atomic E-state index is -0.208. The van der Waals surface area contributed by atoms with Crippen molar-refractivity contribution < 1.29 is 9.53 Å². The molecule has 9 heteroatoms. The van der Waals surface area contributed by atoms with E-state index in [0.717, 1.165) is 37.0 Å². The number of carbonyl (C=O) groups is 1. The smallest absolute Gasteiger partial charge is 0.234 e. The number of benzene rings is 1. The summed E-state index contributed by atoms with van der Waals surface area (Å²) in [5.41, 5.74) is 1.84. The molecule has 0 saturated heterocycles. The van der Waals surface area contributed by atoms with Gasteiger partial charge >= 0.3 is 0 Å². The van der Waals surface area contributed by atoms with Crippen LogP contribution < -0.4 is 5.32 Å². The summed E-state index contributed by atoms with van der Waals surface area (Å²) in [6.45, 7) is 4.82. The Bertz CT molecular complexity index is 1070. The molecule has 0 fully saturated rings. The summed E-state index contributed by atoms with van der Waals surface area (Å²) in [4.78, 5) is 24.1. The number of rotatable bonds is 5. The maximum atomic E-state index is 12.5. The van der Waals surface area contributed by atoms with Crippen LogP contribution in [0.25, 0.3) is 10.2 Å². The first-order valence-electron chi connectivity index (χ1n) is 9.03. The highest BCUT2D eigenvalue weighted by Crippen LogP contribution is 2.42. The average Bonchev–Trinajstić information content (AvgIpc) is 3.04. The fourth-order valence-corrected chi connectivity index (χ4v) is 5.92. The van der Waals surface area contributed by atoms with Crippen LogP contribution >= 0.6 is 50.8 Å². The molecule has 1 aliphatic heterocycles. The number of aromatic nitrogens is 2. The number of hydrogen-bond acceptors (Lipinski definition) is 7. The highest BCUT2D eigenvalue weighted by atomic mass is 79.9. The van der Waals surface area contributed by atoms with Crippen molar-refractivity contribution in [2.24, 2.45) is 0 Å². The van der Waals surface area contributed by atoms with Crippen molar-refractivity contribution in [1.82, 2.24) is 9.97 Å². The highest BCUT2D eigenvalue weighted by Gasteiger charge is 2.31. The van der Waals surface area contributed by atoms with Crippen molar-refractivity contribution in [2.45, 2.75) is 42.7 Å². The summed E-state index contributed by atoms with van der Waals surface area (Å²) < 4.78 is 6.95. The Morgan fingerprint density at radius 3 is 2.79 bits per heavy atom. The number of nitrogens with one attached hydrogen (secondary N) is 1. The molecule has 152 valence electrons. The number of thioether (sulfide) groups is 2. The molecule has 1 N–H and O–H groups in total. The summed E-state index contributed by atoms with van der Waals surface area (Å²) in [5, 5.41) is 5.63. The second kappa shape index (κ2) is 8.55. The molecule has 29 heavy (non-hydrogen) atoms. The molecule has 1 aliphatic rings. The summed E-state index contributed by atoms with van der Waals surface area (Å²) >= 11 is 8.06. The van der Waals surface area contributed by atoms with E-state index in [4.69, 9.17) is 14.7 Å². The fraction of sp³-hybridized carbons (Fsp3) is 0.350. The molecule has 0 bridgehead atoms. The predicted octanol–water partition coefficient (Wildman–Crippen LogP) is 5.76. The van der Waals surface area contributed by atoms with Gasteiger partial charge in [-0.3, -0.25) is 4.79 Å². The molecule has 4 rings (SSSR count). The van der Waals surface area contributed by atoms with Crippen LogP contribution in [0.4, 0.5) is 5.69 Å². The van der Waals surface area contributed by atoms with E-state index in [1.165, 1.54) is 34.0 Å². The van der Waals surface area contributed by atoms with E-state index in [0.29, 0.717) is 12.4 Å². The first-order chi connectivity index (χ1) is 13.8. The summed E-state index contributed by atoms with van der Waals surface area (Å²) in [6, 6.07) is 7.56. The van der Waals surface area contributed by atoms with Gasteiger partial charge in [-0.25, -0.2) is 9.97 Å². The number of nitrogens with zero attached hydrogens (tertiary/aromatic N) is 2. The van der Waals surface area contributed by atoms with Crippen molar-refractivity contribution in [3.8, 4) is 0 Å². The Morgan fingerprint density at radius 2 is 2.07 bits per heavy atom. The molecule has 2 aromatic heterocycles. The van der Waals surface area contributed by atoms with Gasteiger partial charge in [0.1, 0.15) is 9.86 Å². The largest absolute Gasteiger partial charge is 0.370 e. The predicted molar refractivity (Wildman–Crippen MR) is 125 cm³/mol. The molecule has 3 heterocycles. The topological polar surface area (TPSA) is 64.1 Å². The number of anilines is 1. The molecule has 1 aromatic carbocycles. The standard InChI is InChI=1S/C20H20BrN3O2S3/c1-20(2)8-13-14(9-26-20)29-18-16(13)17(23-19(24-18)27-3)28-10-15(25)22-12-6-4-11(21)5-7-12/h4-7H,8-10H2,1-3H3,(H,22,25). The summed E-state index contributed by atoms with van der Waals surface area (Å²) in [7, 11) is 0. The molecule has 5 nitrogen and oxygen atoms in total. The van der Waals surface area contributed by atoms with Crippen LogP contribution in [0.5, 0.6) is 0 Å². The van der Waals surface area contributed by atoms with Crippen LogP contribution in [0.2, 0.25) is 0 Å². The number of hydrogen-bond donors (Lipinski definition) is 1. The number of ether oxygens (including phenoxy) is 1. The third-order valence-electron chi connectivity index (χ3n) is 4.53. The lowest BCUT2D eigenvalue weighted by Gasteiger charge is -2.30. The fourth-order valence-electron chi connectivity index (χ4n) is 3.15. The van der Waals surface area contributed by atoms with Gasteiger partial charge in [-0.05, 0) is 49.9 Å². The first kappa shape index (κ1) is 21.1. The van der Waals surface area contributed by atoms with Crippen LogP contribution in [-0.2, 0) is 22.6 Å². The lowest BCUT2D eigenvalue weighted by molar-refractivity contribution is -0.113. The van der Waals surface area contributed by atoms with Gasteiger partial charge in [0.25, 0.3) is 0 Å². The molecule has 0 aliphatic carbocycles. The second-order valence-corrected chi connectivity index (χ2v) is 11.0. The van der Waals surface area contributed by atoms with Crippen molar-refractivity contribution >= 4 is 72.6 Å². The summed E-state index contributed by atoms with van der Waals surface area (Å²) in [6.07, 6.45) is 2.79. The quantitative estimate of drug-likeness (QED) is 0.268. The van der Waals surface area contributed by atoms with Crippen molar-refractivity contribution in [2.75, 3.05) is 17.3 Å². The molecule has 1 amide bonds. The maximum absolute atomic E-state index is 12.5. The minimum Gasteiger partial charge on any atom is -0.370 e. The zero-order chi connectivity index (χ0) is 20.6. The number of thiophene rings is 1. The number of fused-ring (bicyclic) bond motifs is 3. The Kier molecular flexibility index (Phi) is 6.22. The summed E-state index contributed by atoms with van der Waals surface area (Å²) in [5.74, 6) is 0.239. The normalized spacial score (nSPS) is 15.3. The minimum absolute atomic E-state index is 0.0532. The van der Waals surface area contributed by atoms with Gasteiger partial charge in [-0.15, -0.1) is 11.3 Å². The van der Waals surface area contributed by atoms with E-state index in [9.17, 15) is 4.79 Å². The molecular formula is C20H20BrN3O2S3. The van der Waals surface area contributed by atoms with Crippen LogP contribution in [0.15, 0.2) is 38.9 Å².